The molecule has 0 amide bonds. The highest BCUT2D eigenvalue weighted by atomic mass is 16.6. The van der Waals surface area contributed by atoms with Gasteiger partial charge in [-0.05, 0) is 77.0 Å². The van der Waals surface area contributed by atoms with Gasteiger partial charge in [0.2, 0.25) is 0 Å². The number of nitrogens with zero attached hydrogens (tertiary/aromatic N) is 1. The first-order valence-corrected chi connectivity index (χ1v) is 21.8. The molecule has 0 aromatic carbocycles. The molecule has 0 aromatic rings. The number of unbranched alkanes of at least 4 members (excludes halogenated alkanes) is 4. The lowest BCUT2D eigenvalue weighted by atomic mass is 10.1. The molecule has 0 aliphatic heterocycles. The number of allylic oxidation sites excluding steroid dienone is 22. The molecule has 0 heterocycles. The molecule has 0 saturated heterocycles. The van der Waals surface area contributed by atoms with E-state index in [1.54, 1.807) is 21.1 Å². The molecule has 0 aliphatic rings. The lowest BCUT2D eigenvalue weighted by Gasteiger charge is -2.34. The lowest BCUT2D eigenvalue weighted by Crippen LogP contribution is -2.55. The van der Waals surface area contributed by atoms with Gasteiger partial charge in [0.15, 0.2) is 6.10 Å². The fourth-order valence-corrected chi connectivity index (χ4v) is 5.34. The monoisotopic (exact) mass is 816 g/mol. The summed E-state index contributed by atoms with van der Waals surface area (Å²) in [6.07, 6.45) is 57.8. The summed E-state index contributed by atoms with van der Waals surface area (Å²) in [7, 11) is 5.35. The molecule has 0 radical (unpaired) electrons. The molecule has 0 fully saturated rings. The summed E-state index contributed by atoms with van der Waals surface area (Å²) in [4.78, 5) is 36.8. The van der Waals surface area contributed by atoms with E-state index in [0.29, 0.717) is 12.8 Å². The number of hydrogen-bond donors (Lipinski definition) is 0. The van der Waals surface area contributed by atoms with E-state index in [4.69, 9.17) is 14.2 Å². The summed E-state index contributed by atoms with van der Waals surface area (Å²) in [5.41, 5.74) is 0. The van der Waals surface area contributed by atoms with Crippen LogP contribution in [0, 0.1) is 0 Å². The van der Waals surface area contributed by atoms with Crippen LogP contribution in [-0.4, -0.2) is 75.5 Å². The Morgan fingerprint density at radius 1 is 0.525 bits per heavy atom. The van der Waals surface area contributed by atoms with Crippen LogP contribution in [0.4, 0.5) is 0 Å². The number of hydrogen-bond acceptors (Lipinski definition) is 7. The largest absolute Gasteiger partial charge is 0.544 e. The van der Waals surface area contributed by atoms with Gasteiger partial charge >= 0.3 is 11.9 Å². The number of carbonyl (C=O) groups excluding carboxylic acids is 3. The van der Waals surface area contributed by atoms with Crippen molar-refractivity contribution in [1.29, 1.82) is 0 Å². The summed E-state index contributed by atoms with van der Waals surface area (Å²) in [5.74, 6) is -1.90. The van der Waals surface area contributed by atoms with Gasteiger partial charge in [-0.3, -0.25) is 9.59 Å². The molecule has 0 aromatic heterocycles. The fourth-order valence-electron chi connectivity index (χ4n) is 5.34. The maximum Gasteiger partial charge on any atom is 0.306 e. The topological polar surface area (TPSA) is 102 Å². The molecule has 0 spiro atoms. The maximum absolute atomic E-state index is 12.7. The van der Waals surface area contributed by atoms with Gasteiger partial charge in [0, 0.05) is 19.3 Å². The Morgan fingerprint density at radius 2 is 1.00 bits per heavy atom. The molecule has 0 rings (SSSR count). The number of likely N-dealkylation sites (N-methyl/N-ethyl adjacent to an activating group) is 1. The molecule has 0 saturated carbocycles. The van der Waals surface area contributed by atoms with Gasteiger partial charge in [-0.2, -0.15) is 0 Å². The molecular weight excluding hydrogens is 739 g/mol. The Balaban J connectivity index is 4.53. The van der Waals surface area contributed by atoms with Crippen LogP contribution in [0.5, 0.6) is 0 Å². The molecule has 8 nitrogen and oxygen atoms in total. The minimum Gasteiger partial charge on any atom is -0.544 e. The molecule has 8 heteroatoms. The van der Waals surface area contributed by atoms with E-state index >= 15 is 0 Å². The highest BCUT2D eigenvalue weighted by Crippen LogP contribution is 2.10. The number of rotatable bonds is 36. The van der Waals surface area contributed by atoms with Gasteiger partial charge in [-0.1, -0.05) is 154 Å². The van der Waals surface area contributed by atoms with Crippen LogP contribution in [0.2, 0.25) is 0 Å². The zero-order valence-electron chi connectivity index (χ0n) is 37.1. The van der Waals surface area contributed by atoms with E-state index in [2.05, 4.69) is 92.8 Å². The molecule has 0 N–H and O–H groups in total. The summed E-state index contributed by atoms with van der Waals surface area (Å²) in [5, 5.41) is 11.6. The SMILES string of the molecule is CC/C=C/C=C/C=C/C=C/C=C/CCCC(=O)OCC(COCCC(C(=O)[O-])[N+](C)(C)C)OC(=O)CCCCC/C=C/C/C=C/C/C=C/C/C=C/C/C=C/C/C=C/CC. The predicted molar refractivity (Wildman–Crippen MR) is 244 cm³/mol. The van der Waals surface area contributed by atoms with Crippen molar-refractivity contribution < 1.29 is 38.2 Å². The summed E-state index contributed by atoms with van der Waals surface area (Å²) in [6.45, 7) is 4.24. The third kappa shape index (κ3) is 38.7. The van der Waals surface area contributed by atoms with Gasteiger partial charge in [0.25, 0.3) is 0 Å². The zero-order valence-corrected chi connectivity index (χ0v) is 37.1. The molecule has 0 bridgehead atoms. The van der Waals surface area contributed by atoms with E-state index in [1.165, 1.54) is 0 Å². The van der Waals surface area contributed by atoms with Crippen molar-refractivity contribution >= 4 is 17.9 Å². The Kier molecular flexibility index (Phi) is 37.2. The second kappa shape index (κ2) is 40.3. The minimum absolute atomic E-state index is 0.00658. The van der Waals surface area contributed by atoms with Crippen LogP contribution in [0.3, 0.4) is 0 Å². The third-order valence-corrected chi connectivity index (χ3v) is 8.66. The highest BCUT2D eigenvalue weighted by Gasteiger charge is 2.25. The van der Waals surface area contributed by atoms with E-state index in [-0.39, 0.29) is 55.5 Å². The smallest absolute Gasteiger partial charge is 0.306 e. The second-order valence-electron chi connectivity index (χ2n) is 14.9. The normalized spacial score (nSPS) is 14.3. The molecule has 328 valence electrons. The van der Waals surface area contributed by atoms with Crippen LogP contribution in [0.1, 0.15) is 117 Å². The second-order valence-corrected chi connectivity index (χ2v) is 14.9. The third-order valence-electron chi connectivity index (χ3n) is 8.66. The molecule has 59 heavy (non-hydrogen) atoms. The van der Waals surface area contributed by atoms with Crippen LogP contribution < -0.4 is 5.11 Å². The average molecular weight is 816 g/mol. The van der Waals surface area contributed by atoms with Gasteiger partial charge in [-0.25, -0.2) is 0 Å². The van der Waals surface area contributed by atoms with Gasteiger partial charge in [-0.15, -0.1) is 0 Å². The Labute approximate surface area is 358 Å². The summed E-state index contributed by atoms with van der Waals surface area (Å²) >= 11 is 0. The first-order chi connectivity index (χ1) is 28.6. The molecular formula is C51H77NO7. The van der Waals surface area contributed by atoms with Crippen LogP contribution in [0.25, 0.3) is 0 Å². The Hall–Kier alpha value is -4.53. The molecule has 2 unspecified atom stereocenters. The Morgan fingerprint density at radius 3 is 1.53 bits per heavy atom. The van der Waals surface area contributed by atoms with Crippen molar-refractivity contribution in [2.24, 2.45) is 0 Å². The number of carboxylic acids is 1. The lowest BCUT2D eigenvalue weighted by molar-refractivity contribution is -0.889. The summed E-state index contributed by atoms with van der Waals surface area (Å²) in [6, 6.07) is -0.752. The van der Waals surface area contributed by atoms with E-state index in [1.807, 2.05) is 54.7 Å². The van der Waals surface area contributed by atoms with Crippen LogP contribution in [-0.2, 0) is 28.6 Å². The van der Waals surface area contributed by atoms with Crippen molar-refractivity contribution in [2.75, 3.05) is 41.0 Å². The van der Waals surface area contributed by atoms with Gasteiger partial charge in [0.1, 0.15) is 12.6 Å². The average Bonchev–Trinajstić information content (AvgIpc) is 3.19. The number of carboxylic acid groups (broad SMARTS) is 1. The number of esters is 2. The standard InChI is InChI=1S/C51H77NO7/c1-6-8-10-12-14-16-18-20-21-22-23-24-25-26-27-28-30-32-34-36-38-40-42-50(54)59-47(45-57-44-43-48(51(55)56)52(3,4)5)46-58-49(53)41-39-37-35-33-31-29-19-17-15-13-11-9-7-2/h8-11,13-17,19-21,23-24,26-27,29-33,35,47-48H,6-7,12,18,22,25,28,34,36-46H2,1-5H3/b10-8+,11-9+,15-13+,16-14+,19-17+,21-20+,24-23+,27-26+,31-29+,32-30+,35-33+. The quantitative estimate of drug-likeness (QED) is 0.0204. The van der Waals surface area contributed by atoms with Gasteiger partial charge in [0.05, 0.1) is 40.3 Å². The van der Waals surface area contributed by atoms with E-state index < -0.39 is 18.1 Å². The van der Waals surface area contributed by atoms with Crippen LogP contribution in [0.15, 0.2) is 134 Å². The highest BCUT2D eigenvalue weighted by molar-refractivity contribution is 5.70. The first-order valence-electron chi connectivity index (χ1n) is 21.8. The Bertz CT molecular complexity index is 1420. The van der Waals surface area contributed by atoms with E-state index in [9.17, 15) is 19.5 Å². The predicted octanol–water partition coefficient (Wildman–Crippen LogP) is 10.7. The van der Waals surface area contributed by atoms with Crippen LogP contribution >= 0.6 is 0 Å². The van der Waals surface area contributed by atoms with Crippen molar-refractivity contribution in [3.63, 3.8) is 0 Å². The van der Waals surface area contributed by atoms with Gasteiger partial charge < -0.3 is 28.6 Å². The number of ether oxygens (including phenoxy) is 3. The molecule has 2 atom stereocenters. The molecule has 0 aliphatic carbocycles. The first kappa shape index (κ1) is 54.5. The van der Waals surface area contributed by atoms with Crippen molar-refractivity contribution in [2.45, 2.75) is 129 Å². The summed E-state index contributed by atoms with van der Waals surface area (Å²) < 4.78 is 17.0. The minimum atomic E-state index is -1.15. The number of carbonyl (C=O) groups is 3. The number of aliphatic carboxylic acids is 1. The number of quaternary nitrogens is 1. The van der Waals surface area contributed by atoms with E-state index in [0.717, 1.165) is 70.6 Å². The maximum atomic E-state index is 12.7. The van der Waals surface area contributed by atoms with Crippen molar-refractivity contribution in [3.8, 4) is 0 Å². The zero-order chi connectivity index (χ0) is 43.5. The van der Waals surface area contributed by atoms with Crippen molar-refractivity contribution in [3.05, 3.63) is 134 Å². The van der Waals surface area contributed by atoms with Crippen molar-refractivity contribution in [1.82, 2.24) is 0 Å². The fraction of sp³-hybridized carbons (Fsp3) is 0.510.